The molecule has 0 spiro atoms. The molecule has 0 radical (unpaired) electrons. The van der Waals surface area contributed by atoms with Gasteiger partial charge in [-0.05, 0) is 29.5 Å². The summed E-state index contributed by atoms with van der Waals surface area (Å²) in [6.45, 7) is 4.22. The smallest absolute Gasteiger partial charge is 0.164 e. The summed E-state index contributed by atoms with van der Waals surface area (Å²) in [6.07, 6.45) is 0. The largest absolute Gasteiger partial charge is 0.375 e. The van der Waals surface area contributed by atoms with Gasteiger partial charge in [0.05, 0.1) is 16.8 Å². The Hall–Kier alpha value is -1.06. The number of rotatable bonds is 4. The third-order valence-electron chi connectivity index (χ3n) is 2.78. The number of nitrogens with one attached hydrogen (secondary N) is 1. The van der Waals surface area contributed by atoms with E-state index in [1.165, 1.54) is 4.88 Å². The van der Waals surface area contributed by atoms with E-state index in [1.807, 2.05) is 11.4 Å². The lowest BCUT2D eigenvalue weighted by atomic mass is 10.0. The molecular formula is C14H15ClFNS. The Balaban J connectivity index is 2.27. The highest BCUT2D eigenvalue weighted by Gasteiger charge is 2.18. The standard InChI is InChI=1S/C14H15ClFNS/c1-9(2)14(12-7-4-8-18-12)17-11-6-3-5-10(15)13(11)16/h3-9,14,17H,1-2H3. The van der Waals surface area contributed by atoms with Gasteiger partial charge in [-0.15, -0.1) is 11.3 Å². The van der Waals surface area contributed by atoms with Crippen molar-refractivity contribution in [3.05, 3.63) is 51.4 Å². The van der Waals surface area contributed by atoms with E-state index in [2.05, 4.69) is 25.2 Å². The minimum atomic E-state index is -0.388. The van der Waals surface area contributed by atoms with Gasteiger partial charge in [-0.25, -0.2) is 4.39 Å². The van der Waals surface area contributed by atoms with Crippen LogP contribution in [0.4, 0.5) is 10.1 Å². The molecule has 0 saturated carbocycles. The molecule has 1 aromatic carbocycles. The van der Waals surface area contributed by atoms with Crippen LogP contribution in [0.15, 0.2) is 35.7 Å². The molecular weight excluding hydrogens is 269 g/mol. The lowest BCUT2D eigenvalue weighted by Gasteiger charge is -2.23. The van der Waals surface area contributed by atoms with Gasteiger partial charge in [0.25, 0.3) is 0 Å². The highest BCUT2D eigenvalue weighted by molar-refractivity contribution is 7.10. The van der Waals surface area contributed by atoms with Crippen LogP contribution in [0.1, 0.15) is 24.8 Å². The second-order valence-electron chi connectivity index (χ2n) is 4.48. The van der Waals surface area contributed by atoms with Crippen LogP contribution in [0.2, 0.25) is 5.02 Å². The molecule has 1 heterocycles. The first kappa shape index (κ1) is 13.4. The van der Waals surface area contributed by atoms with Gasteiger partial charge in [0, 0.05) is 4.88 Å². The molecule has 0 fully saturated rings. The van der Waals surface area contributed by atoms with Crippen LogP contribution in [-0.4, -0.2) is 0 Å². The molecule has 1 nitrogen and oxygen atoms in total. The molecule has 96 valence electrons. The molecule has 1 aromatic heterocycles. The summed E-state index contributed by atoms with van der Waals surface area (Å²) in [7, 11) is 0. The second kappa shape index (κ2) is 5.72. The molecule has 1 unspecified atom stereocenters. The maximum atomic E-state index is 13.9. The predicted octanol–water partition coefficient (Wildman–Crippen LogP) is 5.35. The molecule has 2 rings (SSSR count). The van der Waals surface area contributed by atoms with E-state index >= 15 is 0 Å². The minimum absolute atomic E-state index is 0.0953. The SMILES string of the molecule is CC(C)C(Nc1cccc(Cl)c1F)c1cccs1. The van der Waals surface area contributed by atoms with Gasteiger partial charge in [0.15, 0.2) is 5.82 Å². The number of thiophene rings is 1. The van der Waals surface area contributed by atoms with Gasteiger partial charge in [-0.1, -0.05) is 37.6 Å². The van der Waals surface area contributed by atoms with Gasteiger partial charge in [0.2, 0.25) is 0 Å². The minimum Gasteiger partial charge on any atom is -0.375 e. The van der Waals surface area contributed by atoms with Crippen LogP contribution in [-0.2, 0) is 0 Å². The van der Waals surface area contributed by atoms with Crippen molar-refractivity contribution in [2.45, 2.75) is 19.9 Å². The normalized spacial score (nSPS) is 12.7. The Morgan fingerprint density at radius 3 is 2.61 bits per heavy atom. The van der Waals surface area contributed by atoms with Crippen molar-refractivity contribution in [2.24, 2.45) is 5.92 Å². The number of hydrogen-bond donors (Lipinski definition) is 1. The van der Waals surface area contributed by atoms with Crippen molar-refractivity contribution in [1.29, 1.82) is 0 Å². The maximum Gasteiger partial charge on any atom is 0.164 e. The van der Waals surface area contributed by atoms with Gasteiger partial charge < -0.3 is 5.32 Å². The fraction of sp³-hybridized carbons (Fsp3) is 0.286. The zero-order valence-electron chi connectivity index (χ0n) is 10.3. The summed E-state index contributed by atoms with van der Waals surface area (Å²) in [4.78, 5) is 1.20. The topological polar surface area (TPSA) is 12.0 Å². The lowest BCUT2D eigenvalue weighted by Crippen LogP contribution is -2.16. The Morgan fingerprint density at radius 1 is 1.22 bits per heavy atom. The van der Waals surface area contributed by atoms with Crippen LogP contribution < -0.4 is 5.32 Å². The summed E-state index contributed by atoms with van der Waals surface area (Å²) >= 11 is 7.46. The van der Waals surface area contributed by atoms with Crippen LogP contribution >= 0.6 is 22.9 Å². The van der Waals surface area contributed by atoms with Crippen molar-refractivity contribution < 1.29 is 4.39 Å². The molecule has 1 N–H and O–H groups in total. The van der Waals surface area contributed by atoms with Gasteiger partial charge >= 0.3 is 0 Å². The number of anilines is 1. The Morgan fingerprint density at radius 2 is 2.00 bits per heavy atom. The summed E-state index contributed by atoms with van der Waals surface area (Å²) in [5.74, 6) is -0.0246. The Bertz CT molecular complexity index is 511. The fourth-order valence-electron chi connectivity index (χ4n) is 1.82. The quantitative estimate of drug-likeness (QED) is 0.797. The predicted molar refractivity (Wildman–Crippen MR) is 76.9 cm³/mol. The Labute approximate surface area is 116 Å². The van der Waals surface area contributed by atoms with Crippen molar-refractivity contribution >= 4 is 28.6 Å². The van der Waals surface area contributed by atoms with Crippen LogP contribution in [0.5, 0.6) is 0 Å². The van der Waals surface area contributed by atoms with Crippen LogP contribution in [0.25, 0.3) is 0 Å². The zero-order valence-corrected chi connectivity index (χ0v) is 11.9. The molecule has 4 heteroatoms. The molecule has 0 amide bonds. The van der Waals surface area contributed by atoms with Gasteiger partial charge in [0.1, 0.15) is 0 Å². The van der Waals surface area contributed by atoms with Crippen molar-refractivity contribution in [3.8, 4) is 0 Å². The lowest BCUT2D eigenvalue weighted by molar-refractivity contribution is 0.546. The molecule has 0 bridgehead atoms. The molecule has 18 heavy (non-hydrogen) atoms. The van der Waals surface area contributed by atoms with E-state index in [0.29, 0.717) is 11.6 Å². The molecule has 0 aliphatic carbocycles. The molecule has 0 aliphatic heterocycles. The summed E-state index contributed by atoms with van der Waals surface area (Å²) < 4.78 is 13.9. The van der Waals surface area contributed by atoms with E-state index in [4.69, 9.17) is 11.6 Å². The summed E-state index contributed by atoms with van der Waals surface area (Å²) in [6, 6.07) is 9.18. The van der Waals surface area contributed by atoms with E-state index in [-0.39, 0.29) is 16.9 Å². The highest BCUT2D eigenvalue weighted by Crippen LogP contribution is 2.32. The van der Waals surface area contributed by atoms with Crippen molar-refractivity contribution in [2.75, 3.05) is 5.32 Å². The monoisotopic (exact) mass is 283 g/mol. The molecule has 1 atom stereocenters. The number of halogens is 2. The molecule has 0 saturated heterocycles. The second-order valence-corrected chi connectivity index (χ2v) is 5.87. The van der Waals surface area contributed by atoms with E-state index in [0.717, 1.165) is 0 Å². The fourth-order valence-corrected chi connectivity index (χ4v) is 2.94. The Kier molecular flexibility index (Phi) is 4.25. The first-order chi connectivity index (χ1) is 8.59. The molecule has 0 aliphatic rings. The first-order valence-electron chi connectivity index (χ1n) is 5.83. The highest BCUT2D eigenvalue weighted by atomic mass is 35.5. The summed E-state index contributed by atoms with van der Waals surface area (Å²) in [5.41, 5.74) is 0.453. The molecule has 2 aromatic rings. The number of hydrogen-bond acceptors (Lipinski definition) is 2. The average molecular weight is 284 g/mol. The third kappa shape index (κ3) is 2.85. The maximum absolute atomic E-state index is 13.9. The van der Waals surface area contributed by atoms with Crippen molar-refractivity contribution in [3.63, 3.8) is 0 Å². The van der Waals surface area contributed by atoms with Crippen LogP contribution in [0, 0.1) is 11.7 Å². The third-order valence-corrected chi connectivity index (χ3v) is 4.03. The van der Waals surface area contributed by atoms with Gasteiger partial charge in [-0.3, -0.25) is 0 Å². The van der Waals surface area contributed by atoms with Crippen molar-refractivity contribution in [1.82, 2.24) is 0 Å². The first-order valence-corrected chi connectivity index (χ1v) is 7.09. The van der Waals surface area contributed by atoms with E-state index in [1.54, 1.807) is 29.5 Å². The van der Waals surface area contributed by atoms with E-state index < -0.39 is 0 Å². The average Bonchev–Trinajstić information content (AvgIpc) is 2.84. The van der Waals surface area contributed by atoms with E-state index in [9.17, 15) is 4.39 Å². The summed E-state index contributed by atoms with van der Waals surface area (Å²) in [5, 5.41) is 5.42. The van der Waals surface area contributed by atoms with Gasteiger partial charge in [-0.2, -0.15) is 0 Å². The number of benzene rings is 1. The zero-order chi connectivity index (χ0) is 13.1. The van der Waals surface area contributed by atoms with Crippen LogP contribution in [0.3, 0.4) is 0 Å².